The number of carbonyl (C=O) groups excluding carboxylic acids is 8. The summed E-state index contributed by atoms with van der Waals surface area (Å²) in [4.78, 5) is 108. The molecule has 846 valence electrons. The number of hydrogen-bond acceptors (Lipinski definition) is 32. The third-order valence-electron chi connectivity index (χ3n) is 31.3. The smallest absolute Gasteiger partial charge is 0.408 e. The SMILES string of the molecule is C.C.C=CCO[C@](C)(C[C@@H](C)C=O)[C@H](O[C@@H]1O[C@H](C)CC(N(C)C)[C@H]1C)[C@@H](C)C1=C(C)C(=O)OC(C)(C)O1.C=CCO[C@](C)(C[C@@H](C)CC[C@H](C)[C@H]1NC(=O)O[C@]1(C)[C@H](O)CC)[C@H](O[C@@H]1O[C@H](C)CC(N(C)C)[C@H]1C)[C@@H](C)C1=C(C)C(=O)OC(C)(C)O1.C=CCO[C@]1(C)C[C@@H](C)CN[C@H](C)[C@H]2NC(=O)O[C@]2(C)[C@@H](CC)OC(=O)C(C)C(=O)[C@H](C)C1O[C@@H]1OC(C)CC(N(C)C)C1C.CC[C@@H](O)[C@@]1(C)OC(=O)N[C@@H]1[C@@H](C)N.[HH]. The third-order valence-corrected chi connectivity index (χ3v) is 31.3. The molecule has 35 heteroatoms. The fourth-order valence-electron chi connectivity index (χ4n) is 23.2. The average Bonchev–Trinajstić information content (AvgIpc) is 1.68. The minimum absolute atomic E-state index is 0. The molecule has 8 N–H and O–H groups in total. The standard InChI is InChI=1S/C38H66N2O9.C34H59N3O8.C28H47NO7.C9H18N2O3.2CH4.H2/c1-15-19-44-37(11,21-22(3)17-18-23(4)31-38(12,29(41)16-2)49-35(43)39-31)32(26(7)30-27(8)33(42)48-36(9,10)47-30)46-34-25(6)28(40(13)14)20-24(5)45-34;1-13-15-41-33(9)17-19(3)18-35-24(8)28-34(10,45-32(40)36-28)26(14-2)43-30(39)23(7)27(38)22(6)29(33)44-31-21(5)25(37(11)12)16-20(4)42-31;1-12-13-32-28(9,15-17(2)16-30)24(20(5)23-21(6)25(31)36-27(7,8)35-23)34-26-19(4)22(29(10)11)14-18(3)33-26;1-4-6(12)9(3)7(5(2)10)11-8(13)14-9;;;/h15,22-26,28-29,31-32,34,41H,1,16-21H2,2-14H3,(H,39,43);13,19-26,28-29,31,35H,1,14-18H2,2-12H3,(H,36,40);12,16-20,22,24,26H,1,13-15H2,2-11H3;5-7,12H,4,10H2,1-3H3,(H,11,13);2*1H4;1H/t22-,23-,24+,25+,26-,28?,29+,31+,32+,34-,37+,38+;19-,20?,21?,22+,23?,24-,25?,26-,28-,29?,31+,33-,34-;17-,18-,19-,20+,22?,24-,26+,28-;5-,6-,7-,9-;;;/m0111.../s1. The molecule has 0 aliphatic carbocycles. The van der Waals surface area contributed by atoms with E-state index in [1.165, 1.54) is 0 Å². The molecule has 0 radical (unpaired) electrons. The van der Waals surface area contributed by atoms with Gasteiger partial charge in [-0.05, 0) is 228 Å². The molecular formula is C111H200N8O27. The summed E-state index contributed by atoms with van der Waals surface area (Å²) in [6.45, 7) is 72.1. The van der Waals surface area contributed by atoms with E-state index in [4.69, 9.17) is 86.3 Å². The number of ether oxygens (including phenoxy) is 17. The second kappa shape index (κ2) is 55.7. The van der Waals surface area contributed by atoms with Crippen LogP contribution in [0.5, 0.6) is 0 Å². The lowest BCUT2D eigenvalue weighted by molar-refractivity contribution is -0.287. The molecule has 9 rings (SSSR count). The fourth-order valence-corrected chi connectivity index (χ4v) is 23.2. The van der Waals surface area contributed by atoms with Crippen LogP contribution in [0.15, 0.2) is 60.6 Å². The first kappa shape index (κ1) is 131. The molecule has 0 saturated carbocycles. The van der Waals surface area contributed by atoms with Crippen LogP contribution in [0.4, 0.5) is 14.4 Å². The summed E-state index contributed by atoms with van der Waals surface area (Å²) in [6, 6.07) is -0.861. The number of rotatable bonds is 39. The van der Waals surface area contributed by atoms with E-state index < -0.39 is 167 Å². The molecule has 9 aliphatic heterocycles. The maximum absolute atomic E-state index is 14.2. The van der Waals surface area contributed by atoms with Crippen molar-refractivity contribution in [3.8, 4) is 0 Å². The second-order valence-electron chi connectivity index (χ2n) is 45.8. The van der Waals surface area contributed by atoms with Gasteiger partial charge in [0.25, 0.3) is 0 Å². The first-order chi connectivity index (χ1) is 66.7. The molecule has 0 spiro atoms. The van der Waals surface area contributed by atoms with Gasteiger partial charge in [0.05, 0.1) is 115 Å². The van der Waals surface area contributed by atoms with Crippen LogP contribution in [0.1, 0.15) is 302 Å². The Bertz CT molecular complexity index is 4290. The maximum Gasteiger partial charge on any atom is 0.408 e. The lowest BCUT2D eigenvalue weighted by Crippen LogP contribution is -2.60. The van der Waals surface area contributed by atoms with Crippen LogP contribution in [0.3, 0.4) is 0 Å². The van der Waals surface area contributed by atoms with E-state index in [0.29, 0.717) is 74.3 Å². The molecular weight excluding hydrogens is 1880 g/mol. The molecule has 9 heterocycles. The van der Waals surface area contributed by atoms with Gasteiger partial charge < -0.3 is 137 Å². The number of hydrogen-bond donors (Lipinski definition) is 7. The monoisotopic (exact) mass is 2080 g/mol. The molecule has 7 fully saturated rings. The number of Topliss-reactive ketones (excluding diaryl/α,β-unsaturated/α-hetero) is 1. The number of cyclic esters (lactones) is 5. The largest absolute Gasteiger partial charge is 0.458 e. The van der Waals surface area contributed by atoms with Crippen molar-refractivity contribution in [3.63, 3.8) is 0 Å². The van der Waals surface area contributed by atoms with Gasteiger partial charge in [-0.2, -0.15) is 0 Å². The average molecular weight is 2080 g/mol. The zero-order chi connectivity index (χ0) is 109. The number of carbonyl (C=O) groups is 8. The number of amides is 3. The van der Waals surface area contributed by atoms with Gasteiger partial charge in [-0.25, -0.2) is 24.0 Å². The topological polar surface area (TPSA) is 418 Å². The predicted molar refractivity (Wildman–Crippen MR) is 565 cm³/mol. The van der Waals surface area contributed by atoms with Gasteiger partial charge in [0.1, 0.15) is 29.8 Å². The Balaban J connectivity index is 0.000000529. The van der Waals surface area contributed by atoms with E-state index in [0.717, 1.165) is 38.4 Å². The highest BCUT2D eigenvalue weighted by Crippen LogP contribution is 2.48. The van der Waals surface area contributed by atoms with Crippen molar-refractivity contribution in [2.75, 3.05) is 68.7 Å². The lowest BCUT2D eigenvalue weighted by Gasteiger charge is -2.48. The first-order valence-corrected chi connectivity index (χ1v) is 52.7. The van der Waals surface area contributed by atoms with Gasteiger partial charge >= 0.3 is 36.2 Å². The number of nitrogens with two attached hydrogens (primary N) is 1. The molecule has 37 atom stereocenters. The number of esters is 3. The molecule has 3 amide bonds. The van der Waals surface area contributed by atoms with Gasteiger partial charge in [0.15, 0.2) is 41.5 Å². The van der Waals surface area contributed by atoms with E-state index >= 15 is 0 Å². The second-order valence-corrected chi connectivity index (χ2v) is 45.8. The van der Waals surface area contributed by atoms with Crippen LogP contribution in [-0.2, 0) is 104 Å². The summed E-state index contributed by atoms with van der Waals surface area (Å²) in [5, 5.41) is 32.6. The van der Waals surface area contributed by atoms with Crippen molar-refractivity contribution in [3.05, 3.63) is 60.6 Å². The van der Waals surface area contributed by atoms with Crippen LogP contribution < -0.4 is 27.0 Å². The minimum atomic E-state index is -1.13. The van der Waals surface area contributed by atoms with Crippen LogP contribution in [0.2, 0.25) is 0 Å². The molecule has 35 nitrogen and oxygen atoms in total. The quantitative estimate of drug-likeness (QED) is 0.00988. The Morgan fingerprint density at radius 1 is 0.555 bits per heavy atom. The van der Waals surface area contributed by atoms with Gasteiger partial charge in [-0.3, -0.25) is 9.59 Å². The molecule has 7 unspecified atom stereocenters. The Morgan fingerprint density at radius 3 is 1.36 bits per heavy atom. The number of aliphatic hydroxyl groups is 2. The number of aliphatic hydroxyl groups excluding tert-OH is 2. The Hall–Kier alpha value is -6.78. The normalized spacial score (nSPS) is 35.6. The Kier molecular flexibility index (Phi) is 50.1. The summed E-state index contributed by atoms with van der Waals surface area (Å²) >= 11 is 0. The number of ketones is 1. The number of aldehydes is 1. The highest BCUT2D eigenvalue weighted by Gasteiger charge is 2.60. The van der Waals surface area contributed by atoms with Crippen molar-refractivity contribution in [2.24, 2.45) is 70.8 Å². The van der Waals surface area contributed by atoms with Crippen LogP contribution >= 0.6 is 0 Å². The number of nitrogens with zero attached hydrogens (tertiary/aromatic N) is 3. The predicted octanol–water partition coefficient (Wildman–Crippen LogP) is 16.4. The molecule has 0 aromatic carbocycles. The molecule has 9 aliphatic rings. The molecule has 146 heavy (non-hydrogen) atoms. The van der Waals surface area contributed by atoms with Gasteiger partial charge in [-0.15, -0.1) is 19.7 Å². The Morgan fingerprint density at radius 2 is 0.959 bits per heavy atom. The number of fused-ring (bicyclic) bond motifs is 1. The zero-order valence-electron chi connectivity index (χ0n) is 94.5. The highest BCUT2D eigenvalue weighted by molar-refractivity contribution is 6.00. The molecule has 0 aromatic rings. The van der Waals surface area contributed by atoms with Crippen LogP contribution in [-0.4, -0.2) is 309 Å². The maximum atomic E-state index is 14.2. The number of nitrogens with one attached hydrogen (secondary N) is 4. The van der Waals surface area contributed by atoms with Crippen molar-refractivity contribution >= 4 is 48.3 Å². The fraction of sp³-hybridized carbons (Fsp3) is 0.838. The highest BCUT2D eigenvalue weighted by atomic mass is 16.7. The van der Waals surface area contributed by atoms with E-state index in [-0.39, 0.29) is 137 Å². The van der Waals surface area contributed by atoms with Crippen molar-refractivity contribution in [2.45, 2.75) is 467 Å². The first-order valence-electron chi connectivity index (χ1n) is 52.7. The summed E-state index contributed by atoms with van der Waals surface area (Å²) < 4.78 is 106. The molecule has 0 aromatic heterocycles. The zero-order valence-corrected chi connectivity index (χ0v) is 94.5. The van der Waals surface area contributed by atoms with Gasteiger partial charge in [-0.1, -0.05) is 130 Å². The lowest BCUT2D eigenvalue weighted by atomic mass is 9.77. The summed E-state index contributed by atoms with van der Waals surface area (Å²) in [5.41, 5.74) is 0.766. The Labute approximate surface area is 878 Å². The van der Waals surface area contributed by atoms with E-state index in [1.807, 2.05) is 76.2 Å². The van der Waals surface area contributed by atoms with Crippen molar-refractivity contribution in [1.82, 2.24) is 36.0 Å². The summed E-state index contributed by atoms with van der Waals surface area (Å²) in [7, 11) is 12.4. The third kappa shape index (κ3) is 32.9. The van der Waals surface area contributed by atoms with Crippen molar-refractivity contribution in [1.29, 1.82) is 0 Å². The van der Waals surface area contributed by atoms with Gasteiger partial charge in [0.2, 0.25) is 11.6 Å². The van der Waals surface area contributed by atoms with Gasteiger partial charge in [0, 0.05) is 101 Å². The summed E-state index contributed by atoms with van der Waals surface area (Å²) in [6.07, 6.45) is 5.86. The molecule has 0 bridgehead atoms. The molecule has 7 saturated heterocycles. The summed E-state index contributed by atoms with van der Waals surface area (Å²) in [5.74, 6) is -5.55. The van der Waals surface area contributed by atoms with Crippen molar-refractivity contribution < 1.29 is 131 Å². The van der Waals surface area contributed by atoms with E-state index in [1.54, 1.807) is 94.4 Å². The van der Waals surface area contributed by atoms with Crippen LogP contribution in [0.25, 0.3) is 0 Å². The van der Waals surface area contributed by atoms with E-state index in [9.17, 15) is 48.6 Å². The van der Waals surface area contributed by atoms with E-state index in [2.05, 4.69) is 160 Å². The minimum Gasteiger partial charge on any atom is -0.458 e. The van der Waals surface area contributed by atoms with Crippen LogP contribution in [0, 0.1) is 65.1 Å². The number of alkyl carbamates (subject to hydrolysis) is 3.